The first-order chi connectivity index (χ1) is 13.9. The number of H-pyrrole nitrogens is 1. The van der Waals surface area contributed by atoms with E-state index in [-0.39, 0.29) is 17.9 Å². The van der Waals surface area contributed by atoms with Crippen LogP contribution in [0.2, 0.25) is 0 Å². The van der Waals surface area contributed by atoms with E-state index in [1.165, 1.54) is 17.3 Å². The quantitative estimate of drug-likeness (QED) is 0.445. The maximum absolute atomic E-state index is 12.5. The molecule has 3 rings (SSSR count). The average Bonchev–Trinajstić information content (AvgIpc) is 2.65. The summed E-state index contributed by atoms with van der Waals surface area (Å²) in [5.74, 6) is 0.622. The first-order valence-corrected chi connectivity index (χ1v) is 10.5. The Kier molecular flexibility index (Phi) is 6.88. The van der Waals surface area contributed by atoms with Gasteiger partial charge in [-0.3, -0.25) is 9.59 Å². The van der Waals surface area contributed by atoms with E-state index in [0.29, 0.717) is 22.8 Å². The Morgan fingerprint density at radius 2 is 1.76 bits per heavy atom. The average molecular weight is 408 g/mol. The molecule has 0 bridgehead atoms. The minimum atomic E-state index is -0.174. The van der Waals surface area contributed by atoms with E-state index in [2.05, 4.69) is 21.4 Å². The van der Waals surface area contributed by atoms with Gasteiger partial charge in [-0.05, 0) is 56.0 Å². The van der Waals surface area contributed by atoms with Gasteiger partial charge in [0.25, 0.3) is 5.56 Å². The minimum Gasteiger partial charge on any atom is -0.326 e. The van der Waals surface area contributed by atoms with Gasteiger partial charge in [0.05, 0.1) is 0 Å². The van der Waals surface area contributed by atoms with Crippen LogP contribution in [0.4, 0.5) is 5.69 Å². The van der Waals surface area contributed by atoms with Gasteiger partial charge in [-0.2, -0.15) is 0 Å². The molecular formula is C23H25N3O2S. The summed E-state index contributed by atoms with van der Waals surface area (Å²) in [6.45, 7) is 5.81. The van der Waals surface area contributed by atoms with Crippen molar-refractivity contribution in [3.8, 4) is 0 Å². The molecule has 6 heteroatoms. The van der Waals surface area contributed by atoms with Crippen LogP contribution >= 0.6 is 11.8 Å². The highest BCUT2D eigenvalue weighted by Gasteiger charge is 2.12. The first-order valence-electron chi connectivity index (χ1n) is 9.55. The number of aryl methyl sites for hydroxylation is 3. The normalized spacial score (nSPS) is 10.7. The number of carbonyl (C=O) groups is 1. The zero-order valence-electron chi connectivity index (χ0n) is 16.9. The Hall–Kier alpha value is -2.86. The molecule has 0 radical (unpaired) electrons. The number of carbonyl (C=O) groups excluding carboxylic acids is 1. The highest BCUT2D eigenvalue weighted by atomic mass is 32.2. The van der Waals surface area contributed by atoms with Crippen LogP contribution < -0.4 is 10.9 Å². The van der Waals surface area contributed by atoms with Gasteiger partial charge in [0.15, 0.2) is 5.16 Å². The van der Waals surface area contributed by atoms with Gasteiger partial charge in [-0.1, -0.05) is 48.2 Å². The number of hydrogen-bond acceptors (Lipinski definition) is 4. The first kappa shape index (κ1) is 20.9. The largest absolute Gasteiger partial charge is 0.326 e. The predicted octanol–water partition coefficient (Wildman–Crippen LogP) is 4.56. The molecular weight excluding hydrogens is 382 g/mol. The zero-order chi connectivity index (χ0) is 20.8. The summed E-state index contributed by atoms with van der Waals surface area (Å²) in [6.07, 6.45) is 0.587. The van der Waals surface area contributed by atoms with Crippen LogP contribution in [0, 0.1) is 20.8 Å². The molecule has 1 aromatic heterocycles. The van der Waals surface area contributed by atoms with Crippen LogP contribution in [0.15, 0.2) is 58.5 Å². The lowest BCUT2D eigenvalue weighted by Crippen LogP contribution is -2.20. The molecule has 2 aromatic carbocycles. The van der Waals surface area contributed by atoms with Crippen molar-refractivity contribution in [1.82, 2.24) is 9.97 Å². The number of benzene rings is 2. The number of hydrogen-bond donors (Lipinski definition) is 2. The van der Waals surface area contributed by atoms with E-state index in [9.17, 15) is 9.59 Å². The predicted molar refractivity (Wildman–Crippen MR) is 118 cm³/mol. The third-order valence-corrected chi connectivity index (χ3v) is 5.47. The number of thioether (sulfide) groups is 1. The summed E-state index contributed by atoms with van der Waals surface area (Å²) in [5.41, 5.74) is 5.20. The third-order valence-electron chi connectivity index (χ3n) is 4.53. The lowest BCUT2D eigenvalue weighted by Gasteiger charge is -2.09. The second-order valence-electron chi connectivity index (χ2n) is 7.13. The van der Waals surface area contributed by atoms with E-state index < -0.39 is 0 Å². The molecule has 0 spiro atoms. The summed E-state index contributed by atoms with van der Waals surface area (Å²) < 4.78 is 0. The van der Waals surface area contributed by atoms with Crippen LogP contribution in [0.1, 0.15) is 34.4 Å². The molecule has 0 unspecified atom stereocenters. The molecule has 0 aliphatic rings. The molecule has 0 saturated heterocycles. The van der Waals surface area contributed by atoms with Crippen LogP contribution in [0.3, 0.4) is 0 Å². The van der Waals surface area contributed by atoms with Crippen LogP contribution in [-0.2, 0) is 17.0 Å². The number of nitrogens with zero attached hydrogens (tertiary/aromatic N) is 1. The summed E-state index contributed by atoms with van der Waals surface area (Å²) in [5, 5.41) is 3.50. The molecule has 0 saturated carbocycles. The third kappa shape index (κ3) is 6.06. The topological polar surface area (TPSA) is 74.8 Å². The van der Waals surface area contributed by atoms with Gasteiger partial charge in [-0.15, -0.1) is 0 Å². The van der Waals surface area contributed by atoms with E-state index in [1.807, 2.05) is 63.2 Å². The standard InChI is InChI=1S/C23H25N3O2S/c1-15-11-16(2)13-19(12-15)25-21(27)10-9-20-17(3)24-23(26-22(20)28)29-14-18-7-5-4-6-8-18/h4-8,11-13H,9-10,14H2,1-3H3,(H,25,27)(H,24,26,28). The fraction of sp³-hybridized carbons (Fsp3) is 0.261. The fourth-order valence-corrected chi connectivity index (χ4v) is 4.04. The van der Waals surface area contributed by atoms with E-state index in [0.717, 1.165) is 22.6 Å². The number of rotatable bonds is 7. The van der Waals surface area contributed by atoms with E-state index in [1.54, 1.807) is 0 Å². The molecule has 29 heavy (non-hydrogen) atoms. The van der Waals surface area contributed by atoms with Crippen LogP contribution in [0.25, 0.3) is 0 Å². The number of anilines is 1. The van der Waals surface area contributed by atoms with Gasteiger partial charge in [0, 0.05) is 29.1 Å². The molecule has 3 aromatic rings. The van der Waals surface area contributed by atoms with Crippen molar-refractivity contribution in [1.29, 1.82) is 0 Å². The van der Waals surface area contributed by atoms with Crippen molar-refractivity contribution in [2.45, 2.75) is 44.5 Å². The van der Waals surface area contributed by atoms with Gasteiger partial charge in [-0.25, -0.2) is 4.98 Å². The van der Waals surface area contributed by atoms with Gasteiger partial charge in [0.2, 0.25) is 5.91 Å². The summed E-state index contributed by atoms with van der Waals surface area (Å²) in [7, 11) is 0. The van der Waals surface area contributed by atoms with E-state index >= 15 is 0 Å². The van der Waals surface area contributed by atoms with Crippen LogP contribution in [0.5, 0.6) is 0 Å². The second kappa shape index (κ2) is 9.56. The highest BCUT2D eigenvalue weighted by molar-refractivity contribution is 7.98. The van der Waals surface area contributed by atoms with Crippen molar-refractivity contribution < 1.29 is 4.79 Å². The number of aromatic nitrogens is 2. The van der Waals surface area contributed by atoms with Crippen molar-refractivity contribution in [2.75, 3.05) is 5.32 Å². The smallest absolute Gasteiger partial charge is 0.254 e. The summed E-state index contributed by atoms with van der Waals surface area (Å²) in [6, 6.07) is 16.0. The van der Waals surface area contributed by atoms with Crippen molar-refractivity contribution in [3.63, 3.8) is 0 Å². The minimum absolute atomic E-state index is 0.115. The van der Waals surface area contributed by atoms with Gasteiger partial charge < -0.3 is 10.3 Å². The zero-order valence-corrected chi connectivity index (χ0v) is 17.7. The molecule has 5 nitrogen and oxygen atoms in total. The second-order valence-corrected chi connectivity index (χ2v) is 8.10. The highest BCUT2D eigenvalue weighted by Crippen LogP contribution is 2.19. The molecule has 1 heterocycles. The molecule has 0 fully saturated rings. The number of nitrogens with one attached hydrogen (secondary N) is 2. The van der Waals surface area contributed by atoms with E-state index in [4.69, 9.17) is 0 Å². The summed E-state index contributed by atoms with van der Waals surface area (Å²) >= 11 is 1.49. The molecule has 0 atom stereocenters. The Labute approximate surface area is 175 Å². The Morgan fingerprint density at radius 3 is 2.41 bits per heavy atom. The fourth-order valence-electron chi connectivity index (χ4n) is 3.18. The Bertz CT molecular complexity index is 1040. The molecule has 0 aliphatic carbocycles. The SMILES string of the molecule is Cc1cc(C)cc(NC(=O)CCc2c(C)nc(SCc3ccccc3)[nH]c2=O)c1. The molecule has 150 valence electrons. The lowest BCUT2D eigenvalue weighted by molar-refractivity contribution is -0.116. The maximum Gasteiger partial charge on any atom is 0.254 e. The van der Waals surface area contributed by atoms with Crippen LogP contribution in [-0.4, -0.2) is 15.9 Å². The molecule has 0 aliphatic heterocycles. The maximum atomic E-state index is 12.5. The Balaban J connectivity index is 1.60. The molecule has 1 amide bonds. The van der Waals surface area contributed by atoms with Gasteiger partial charge in [0.1, 0.15) is 0 Å². The van der Waals surface area contributed by atoms with Gasteiger partial charge >= 0.3 is 0 Å². The monoisotopic (exact) mass is 407 g/mol. The summed E-state index contributed by atoms with van der Waals surface area (Å²) in [4.78, 5) is 32.2. The lowest BCUT2D eigenvalue weighted by atomic mass is 10.1. The Morgan fingerprint density at radius 1 is 1.07 bits per heavy atom. The van der Waals surface area contributed by atoms with Crippen molar-refractivity contribution in [2.24, 2.45) is 0 Å². The van der Waals surface area contributed by atoms with Crippen molar-refractivity contribution >= 4 is 23.4 Å². The number of amides is 1. The number of aromatic amines is 1. The van der Waals surface area contributed by atoms with Crippen molar-refractivity contribution in [3.05, 3.63) is 86.8 Å². The molecule has 2 N–H and O–H groups in total.